The van der Waals surface area contributed by atoms with Crippen molar-refractivity contribution in [3.05, 3.63) is 59.4 Å². The second-order valence-corrected chi connectivity index (χ2v) is 5.18. The molecule has 2 nitrogen and oxygen atoms in total. The highest BCUT2D eigenvalue weighted by molar-refractivity contribution is 7.85. The van der Waals surface area contributed by atoms with E-state index in [1.54, 1.807) is 18.2 Å². The molecule has 0 saturated carbocycles. The van der Waals surface area contributed by atoms with Gasteiger partial charge in [-0.2, -0.15) is 5.26 Å². The lowest BCUT2D eigenvalue weighted by Crippen LogP contribution is -2.00. The van der Waals surface area contributed by atoms with E-state index in [4.69, 9.17) is 5.26 Å². The van der Waals surface area contributed by atoms with E-state index in [2.05, 4.69) is 0 Å². The van der Waals surface area contributed by atoms with Crippen molar-refractivity contribution in [1.29, 1.82) is 5.26 Å². The Morgan fingerprint density at radius 3 is 2.44 bits per heavy atom. The number of benzene rings is 2. The largest absolute Gasteiger partial charge is 0.249 e. The van der Waals surface area contributed by atoms with E-state index in [0.717, 1.165) is 5.56 Å². The highest BCUT2D eigenvalue weighted by Crippen LogP contribution is 2.23. The summed E-state index contributed by atoms with van der Waals surface area (Å²) in [5.41, 5.74) is 0.697. The summed E-state index contributed by atoms with van der Waals surface area (Å²) in [5.74, 6) is -0.642. The van der Waals surface area contributed by atoms with Crippen molar-refractivity contribution in [3.63, 3.8) is 0 Å². The maximum Gasteiger partial charge on any atom is 0.142 e. The summed E-state index contributed by atoms with van der Waals surface area (Å²) in [6, 6.07) is 13.1. The van der Waals surface area contributed by atoms with Crippen LogP contribution in [0.1, 0.15) is 11.1 Å². The zero-order valence-electron chi connectivity index (χ0n) is 9.68. The molecule has 0 N–H and O–H groups in total. The molecule has 0 bridgehead atoms. The molecular weight excluding hydrogens is 249 g/mol. The van der Waals surface area contributed by atoms with Crippen molar-refractivity contribution >= 4 is 10.8 Å². The van der Waals surface area contributed by atoms with Gasteiger partial charge in [-0.3, -0.25) is 0 Å². The van der Waals surface area contributed by atoms with Gasteiger partial charge in [-0.15, -0.1) is 0 Å². The maximum atomic E-state index is 13.5. The van der Waals surface area contributed by atoms with E-state index in [1.165, 1.54) is 18.2 Å². The van der Waals surface area contributed by atoms with Crippen LogP contribution in [0.3, 0.4) is 0 Å². The first-order chi connectivity index (χ1) is 8.65. The van der Waals surface area contributed by atoms with Crippen molar-refractivity contribution < 1.29 is 8.60 Å². The molecule has 0 spiro atoms. The van der Waals surface area contributed by atoms with Gasteiger partial charge in [0.1, 0.15) is 17.4 Å². The second-order valence-electron chi connectivity index (χ2n) is 3.76. The van der Waals surface area contributed by atoms with Crippen molar-refractivity contribution in [1.82, 2.24) is 0 Å². The first-order valence-corrected chi connectivity index (χ1v) is 6.46. The Morgan fingerprint density at radius 2 is 1.78 bits per heavy atom. The zero-order chi connectivity index (χ0) is 13.1. The standard InChI is InChI=1S/C14H10FNOS/c1-10-5-2-3-7-13(10)18(17)14-8-4-6-12(15)11(14)9-16/h2-8H,1H3. The fraction of sp³-hybridized carbons (Fsp3) is 0.0714. The van der Waals surface area contributed by atoms with Gasteiger partial charge in [0.15, 0.2) is 0 Å². The van der Waals surface area contributed by atoms with Gasteiger partial charge in [0.2, 0.25) is 0 Å². The van der Waals surface area contributed by atoms with Crippen LogP contribution < -0.4 is 0 Å². The van der Waals surface area contributed by atoms with Crippen LogP contribution in [0.15, 0.2) is 52.3 Å². The molecule has 2 aromatic rings. The third-order valence-electron chi connectivity index (χ3n) is 2.58. The highest BCUT2D eigenvalue weighted by Gasteiger charge is 2.16. The normalized spacial score (nSPS) is 11.8. The van der Waals surface area contributed by atoms with E-state index >= 15 is 0 Å². The molecule has 0 aliphatic heterocycles. The number of nitriles is 1. The molecular formula is C14H10FNOS. The van der Waals surface area contributed by atoms with Crippen molar-refractivity contribution in [2.75, 3.05) is 0 Å². The minimum absolute atomic E-state index is 0.154. The Balaban J connectivity index is 2.58. The average Bonchev–Trinajstić information content (AvgIpc) is 2.38. The molecule has 0 aliphatic carbocycles. The van der Waals surface area contributed by atoms with E-state index in [0.29, 0.717) is 4.90 Å². The van der Waals surface area contributed by atoms with Gasteiger partial charge in [0.05, 0.1) is 15.7 Å². The van der Waals surface area contributed by atoms with Crippen LogP contribution in [0.25, 0.3) is 0 Å². The fourth-order valence-electron chi connectivity index (χ4n) is 1.65. The quantitative estimate of drug-likeness (QED) is 0.831. The van der Waals surface area contributed by atoms with E-state index < -0.39 is 16.6 Å². The summed E-state index contributed by atoms with van der Waals surface area (Å²) in [6.45, 7) is 1.83. The molecule has 2 aromatic carbocycles. The third-order valence-corrected chi connectivity index (χ3v) is 4.18. The fourth-order valence-corrected chi connectivity index (χ4v) is 2.98. The summed E-state index contributed by atoms with van der Waals surface area (Å²) in [6.07, 6.45) is 0. The van der Waals surface area contributed by atoms with Gasteiger partial charge >= 0.3 is 0 Å². The molecule has 0 aliphatic rings. The molecule has 0 fully saturated rings. The van der Waals surface area contributed by atoms with Crippen molar-refractivity contribution in [2.24, 2.45) is 0 Å². The van der Waals surface area contributed by atoms with Gasteiger partial charge in [-0.1, -0.05) is 24.3 Å². The number of halogens is 1. The van der Waals surface area contributed by atoms with Crippen LogP contribution in [0.5, 0.6) is 0 Å². The summed E-state index contributed by atoms with van der Waals surface area (Å²) < 4.78 is 25.9. The molecule has 0 radical (unpaired) electrons. The van der Waals surface area contributed by atoms with Gasteiger partial charge in [-0.25, -0.2) is 8.60 Å². The molecule has 0 amide bonds. The third kappa shape index (κ3) is 2.18. The first kappa shape index (κ1) is 12.5. The Morgan fingerprint density at radius 1 is 1.11 bits per heavy atom. The van der Waals surface area contributed by atoms with E-state index in [-0.39, 0.29) is 10.5 Å². The molecule has 90 valence electrons. The highest BCUT2D eigenvalue weighted by atomic mass is 32.2. The predicted molar refractivity (Wildman–Crippen MR) is 67.0 cm³/mol. The lowest BCUT2D eigenvalue weighted by molar-refractivity contribution is 0.618. The van der Waals surface area contributed by atoms with E-state index in [1.807, 2.05) is 19.1 Å². The number of hydrogen-bond donors (Lipinski definition) is 0. The van der Waals surface area contributed by atoms with Gasteiger partial charge in [0.25, 0.3) is 0 Å². The van der Waals surface area contributed by atoms with Gasteiger partial charge < -0.3 is 0 Å². The Kier molecular flexibility index (Phi) is 3.54. The maximum absolute atomic E-state index is 13.5. The smallest absolute Gasteiger partial charge is 0.142 e. The number of nitrogens with zero attached hydrogens (tertiary/aromatic N) is 1. The molecule has 1 atom stereocenters. The summed E-state index contributed by atoms with van der Waals surface area (Å²) >= 11 is 0. The molecule has 0 heterocycles. The number of rotatable bonds is 2. The average molecular weight is 259 g/mol. The predicted octanol–water partition coefficient (Wildman–Crippen LogP) is 3.17. The number of aryl methyl sites for hydroxylation is 1. The molecule has 0 saturated heterocycles. The Hall–Kier alpha value is -1.99. The monoisotopic (exact) mass is 259 g/mol. The lowest BCUT2D eigenvalue weighted by Gasteiger charge is -2.07. The Labute approximate surface area is 107 Å². The van der Waals surface area contributed by atoms with E-state index in [9.17, 15) is 8.60 Å². The van der Waals surface area contributed by atoms with Crippen molar-refractivity contribution in [2.45, 2.75) is 16.7 Å². The topological polar surface area (TPSA) is 40.9 Å². The van der Waals surface area contributed by atoms with Gasteiger partial charge in [0, 0.05) is 4.90 Å². The van der Waals surface area contributed by atoms with Crippen LogP contribution in [-0.4, -0.2) is 4.21 Å². The lowest BCUT2D eigenvalue weighted by atomic mass is 10.2. The van der Waals surface area contributed by atoms with Crippen LogP contribution >= 0.6 is 0 Å². The second kappa shape index (κ2) is 5.11. The zero-order valence-corrected chi connectivity index (χ0v) is 10.5. The minimum atomic E-state index is -1.54. The van der Waals surface area contributed by atoms with Crippen LogP contribution in [-0.2, 0) is 10.8 Å². The van der Waals surface area contributed by atoms with Gasteiger partial charge in [-0.05, 0) is 30.7 Å². The minimum Gasteiger partial charge on any atom is -0.249 e. The SMILES string of the molecule is Cc1ccccc1S(=O)c1cccc(F)c1C#N. The van der Waals surface area contributed by atoms with Crippen LogP contribution in [0.4, 0.5) is 4.39 Å². The van der Waals surface area contributed by atoms with Crippen molar-refractivity contribution in [3.8, 4) is 6.07 Å². The molecule has 18 heavy (non-hydrogen) atoms. The molecule has 2 rings (SSSR count). The first-order valence-electron chi connectivity index (χ1n) is 5.31. The van der Waals surface area contributed by atoms with Crippen LogP contribution in [0, 0.1) is 24.1 Å². The molecule has 1 unspecified atom stereocenters. The Bertz CT molecular complexity index is 661. The summed E-state index contributed by atoms with van der Waals surface area (Å²) in [7, 11) is -1.54. The number of hydrogen-bond acceptors (Lipinski definition) is 2. The molecule has 4 heteroatoms. The molecule has 0 aromatic heterocycles. The summed E-state index contributed by atoms with van der Waals surface area (Å²) in [5, 5.41) is 8.94. The van der Waals surface area contributed by atoms with Crippen LogP contribution in [0.2, 0.25) is 0 Å². The summed E-state index contributed by atoms with van der Waals surface area (Å²) in [4.78, 5) is 0.811.